The standard InChI is InChI=1S/C26H30NO6P/c1-3-31-25(29)26(13-14-27)11-9-19(10-12-26)33-22-15-20(21(30-2)16-23(22)34)24(28)32-17-18-7-5-4-6-8-18/h4-8,15-16,19H,3,9-13,17,34H2,1-2H3/t19-,26+. The van der Waals surface area contributed by atoms with Crippen molar-refractivity contribution in [1.29, 1.82) is 5.26 Å². The largest absolute Gasteiger partial charge is 0.496 e. The molecule has 7 nitrogen and oxygen atoms in total. The number of ether oxygens (including phenoxy) is 4. The number of esters is 2. The maximum absolute atomic E-state index is 12.8. The van der Waals surface area contributed by atoms with Gasteiger partial charge in [-0.1, -0.05) is 30.3 Å². The molecule has 2 aromatic rings. The average Bonchev–Trinajstić information content (AvgIpc) is 2.85. The summed E-state index contributed by atoms with van der Waals surface area (Å²) in [5.41, 5.74) is 0.389. The van der Waals surface area contributed by atoms with E-state index in [1.807, 2.05) is 30.3 Å². The molecule has 34 heavy (non-hydrogen) atoms. The van der Waals surface area contributed by atoms with Crippen LogP contribution in [-0.2, 0) is 20.9 Å². The Hall–Kier alpha value is -3.10. The van der Waals surface area contributed by atoms with Gasteiger partial charge in [0.1, 0.15) is 23.7 Å². The van der Waals surface area contributed by atoms with Gasteiger partial charge in [-0.15, -0.1) is 9.24 Å². The van der Waals surface area contributed by atoms with Crippen molar-refractivity contribution < 1.29 is 28.5 Å². The highest BCUT2D eigenvalue weighted by molar-refractivity contribution is 7.27. The maximum Gasteiger partial charge on any atom is 0.342 e. The van der Waals surface area contributed by atoms with E-state index in [1.165, 1.54) is 7.11 Å². The van der Waals surface area contributed by atoms with Gasteiger partial charge in [-0.25, -0.2) is 4.79 Å². The van der Waals surface area contributed by atoms with E-state index >= 15 is 0 Å². The number of nitrogens with zero attached hydrogens (tertiary/aromatic N) is 1. The molecule has 1 unspecified atom stereocenters. The molecule has 0 spiro atoms. The van der Waals surface area contributed by atoms with Gasteiger partial charge in [0, 0.05) is 5.30 Å². The lowest BCUT2D eigenvalue weighted by Crippen LogP contribution is -2.39. The zero-order chi connectivity index (χ0) is 24.6. The van der Waals surface area contributed by atoms with Gasteiger partial charge in [-0.3, -0.25) is 4.79 Å². The molecule has 0 saturated heterocycles. The highest BCUT2D eigenvalue weighted by atomic mass is 31.0. The summed E-state index contributed by atoms with van der Waals surface area (Å²) >= 11 is 0. The van der Waals surface area contributed by atoms with Gasteiger partial charge in [0.2, 0.25) is 0 Å². The van der Waals surface area contributed by atoms with Gasteiger partial charge in [-0.2, -0.15) is 5.26 Å². The van der Waals surface area contributed by atoms with Crippen LogP contribution in [0.5, 0.6) is 11.5 Å². The Morgan fingerprint density at radius 1 is 1.12 bits per heavy atom. The van der Waals surface area contributed by atoms with Crippen LogP contribution >= 0.6 is 9.24 Å². The molecular weight excluding hydrogens is 453 g/mol. The maximum atomic E-state index is 12.8. The number of methoxy groups -OCH3 is 1. The molecule has 2 aromatic carbocycles. The summed E-state index contributed by atoms with van der Waals surface area (Å²) in [6, 6.07) is 14.9. The molecule has 1 atom stereocenters. The summed E-state index contributed by atoms with van der Waals surface area (Å²) in [4.78, 5) is 25.3. The summed E-state index contributed by atoms with van der Waals surface area (Å²) in [6.07, 6.45) is 2.21. The first-order chi connectivity index (χ1) is 16.4. The van der Waals surface area contributed by atoms with Crippen LogP contribution in [0.15, 0.2) is 42.5 Å². The Bertz CT molecular complexity index is 1040. The fourth-order valence-corrected chi connectivity index (χ4v) is 4.44. The molecule has 1 aliphatic carbocycles. The van der Waals surface area contributed by atoms with E-state index < -0.39 is 11.4 Å². The van der Waals surface area contributed by atoms with Crippen LogP contribution in [0.1, 0.15) is 54.9 Å². The topological polar surface area (TPSA) is 94.9 Å². The highest BCUT2D eigenvalue weighted by Crippen LogP contribution is 2.41. The zero-order valence-corrected chi connectivity index (χ0v) is 20.7. The third-order valence-corrected chi connectivity index (χ3v) is 6.53. The van der Waals surface area contributed by atoms with Crippen LogP contribution < -0.4 is 14.8 Å². The fourth-order valence-electron chi connectivity index (χ4n) is 4.14. The second-order valence-corrected chi connectivity index (χ2v) is 8.93. The normalized spacial score (nSPS) is 19.5. The van der Waals surface area contributed by atoms with Crippen molar-refractivity contribution in [3.8, 4) is 17.6 Å². The summed E-state index contributed by atoms with van der Waals surface area (Å²) in [6.45, 7) is 2.20. The van der Waals surface area contributed by atoms with Crippen molar-refractivity contribution in [3.05, 3.63) is 53.6 Å². The Kier molecular flexibility index (Phi) is 8.90. The van der Waals surface area contributed by atoms with Gasteiger partial charge in [0.05, 0.1) is 37.7 Å². The first-order valence-electron chi connectivity index (χ1n) is 11.3. The smallest absolute Gasteiger partial charge is 0.342 e. The molecule has 8 heteroatoms. The van der Waals surface area contributed by atoms with Crippen LogP contribution in [0.4, 0.5) is 0 Å². The second kappa shape index (κ2) is 11.9. The van der Waals surface area contributed by atoms with E-state index in [-0.39, 0.29) is 37.3 Å². The molecule has 1 fully saturated rings. The summed E-state index contributed by atoms with van der Waals surface area (Å²) in [5, 5.41) is 9.99. The molecule has 0 bridgehead atoms. The van der Waals surface area contributed by atoms with Crippen molar-refractivity contribution in [1.82, 2.24) is 0 Å². The van der Waals surface area contributed by atoms with E-state index in [0.717, 1.165) is 10.9 Å². The minimum absolute atomic E-state index is 0.132. The lowest BCUT2D eigenvalue weighted by atomic mass is 9.71. The molecular formula is C26H30NO6P. The fraction of sp³-hybridized carbons (Fsp3) is 0.423. The number of nitriles is 1. The van der Waals surface area contributed by atoms with Crippen molar-refractivity contribution in [3.63, 3.8) is 0 Å². The van der Waals surface area contributed by atoms with Crippen LogP contribution in [0.3, 0.4) is 0 Å². The number of rotatable bonds is 9. The third kappa shape index (κ3) is 6.07. The molecule has 3 rings (SSSR count). The predicted octanol–water partition coefficient (Wildman–Crippen LogP) is 4.34. The van der Waals surface area contributed by atoms with Gasteiger partial charge < -0.3 is 18.9 Å². The first-order valence-corrected chi connectivity index (χ1v) is 11.9. The van der Waals surface area contributed by atoms with E-state index in [0.29, 0.717) is 37.2 Å². The number of benzene rings is 2. The zero-order valence-electron chi connectivity index (χ0n) is 19.5. The molecule has 0 aromatic heterocycles. The lowest BCUT2D eigenvalue weighted by Gasteiger charge is -2.36. The third-order valence-electron chi connectivity index (χ3n) is 6.07. The molecule has 1 aliphatic rings. The van der Waals surface area contributed by atoms with E-state index in [2.05, 4.69) is 15.3 Å². The van der Waals surface area contributed by atoms with Crippen molar-refractivity contribution in [2.45, 2.75) is 51.7 Å². The monoisotopic (exact) mass is 483 g/mol. The van der Waals surface area contributed by atoms with Crippen LogP contribution in [0, 0.1) is 16.7 Å². The number of hydrogen-bond acceptors (Lipinski definition) is 7. The Balaban J connectivity index is 1.71. The molecule has 0 amide bonds. The van der Waals surface area contributed by atoms with Crippen molar-refractivity contribution >= 4 is 26.5 Å². The van der Waals surface area contributed by atoms with E-state index in [4.69, 9.17) is 18.9 Å². The minimum atomic E-state index is -0.777. The molecule has 0 N–H and O–H groups in total. The van der Waals surface area contributed by atoms with Crippen LogP contribution in [-0.4, -0.2) is 31.8 Å². The summed E-state index contributed by atoms with van der Waals surface area (Å²) in [5.74, 6) is 0.116. The van der Waals surface area contributed by atoms with Gasteiger partial charge >= 0.3 is 11.9 Å². The van der Waals surface area contributed by atoms with E-state index in [9.17, 15) is 14.9 Å². The van der Waals surface area contributed by atoms with Crippen molar-refractivity contribution in [2.24, 2.45) is 5.41 Å². The number of hydrogen-bond donors (Lipinski definition) is 0. The highest BCUT2D eigenvalue weighted by Gasteiger charge is 2.43. The SMILES string of the molecule is CCOC(=O)[C@]1(CC#N)CC[C@H](Oc2cc(C(=O)OCc3ccccc3)c(OC)cc2P)CC1. The van der Waals surface area contributed by atoms with E-state index in [1.54, 1.807) is 19.1 Å². The Labute approximate surface area is 202 Å². The van der Waals surface area contributed by atoms with Crippen LogP contribution in [0.25, 0.3) is 0 Å². The molecule has 0 radical (unpaired) electrons. The Morgan fingerprint density at radius 2 is 1.82 bits per heavy atom. The average molecular weight is 484 g/mol. The number of carbonyl (C=O) groups is 2. The summed E-state index contributed by atoms with van der Waals surface area (Å²) in [7, 11) is 4.10. The van der Waals surface area contributed by atoms with Gasteiger partial charge in [0.15, 0.2) is 0 Å². The lowest BCUT2D eigenvalue weighted by molar-refractivity contribution is -0.158. The predicted molar refractivity (Wildman–Crippen MR) is 130 cm³/mol. The van der Waals surface area contributed by atoms with Gasteiger partial charge in [-0.05, 0) is 50.3 Å². The minimum Gasteiger partial charge on any atom is -0.496 e. The molecule has 180 valence electrons. The molecule has 1 saturated carbocycles. The van der Waals surface area contributed by atoms with Crippen molar-refractivity contribution in [2.75, 3.05) is 13.7 Å². The molecule has 0 heterocycles. The quantitative estimate of drug-likeness (QED) is 0.387. The second-order valence-electron chi connectivity index (χ2n) is 8.30. The molecule has 0 aliphatic heterocycles. The summed E-state index contributed by atoms with van der Waals surface area (Å²) < 4.78 is 22.3. The Morgan fingerprint density at radius 3 is 2.44 bits per heavy atom. The first kappa shape index (κ1) is 25.5. The van der Waals surface area contributed by atoms with Crippen LogP contribution in [0.2, 0.25) is 0 Å². The number of carbonyl (C=O) groups excluding carboxylic acids is 2. The van der Waals surface area contributed by atoms with Gasteiger partial charge in [0.25, 0.3) is 0 Å².